The first-order valence-corrected chi connectivity index (χ1v) is 9.22. The standard InChI is InChI=1S/C14H16Br2N2O3S/c1-2-20-21-13(19)12-10-5-3-4-6-11(10)17-14(22)18(12)8-9(16)7-15/h3-6,9,12H,2,7-8H2,1H3,(H,17,22). The summed E-state index contributed by atoms with van der Waals surface area (Å²) in [6.45, 7) is 2.61. The highest BCUT2D eigenvalue weighted by Crippen LogP contribution is 2.34. The van der Waals surface area contributed by atoms with E-state index < -0.39 is 12.0 Å². The van der Waals surface area contributed by atoms with Crippen LogP contribution in [-0.2, 0) is 14.6 Å². The molecule has 2 atom stereocenters. The fraction of sp³-hybridized carbons (Fsp3) is 0.429. The summed E-state index contributed by atoms with van der Waals surface area (Å²) >= 11 is 12.4. The fourth-order valence-corrected chi connectivity index (χ4v) is 3.00. The van der Waals surface area contributed by atoms with Crippen LogP contribution in [0.15, 0.2) is 24.3 Å². The van der Waals surface area contributed by atoms with Crippen LogP contribution in [0.2, 0.25) is 0 Å². The Balaban J connectivity index is 2.34. The Morgan fingerprint density at radius 1 is 1.50 bits per heavy atom. The summed E-state index contributed by atoms with van der Waals surface area (Å²) in [5, 5.41) is 4.38. The van der Waals surface area contributed by atoms with Crippen LogP contribution in [0.25, 0.3) is 0 Å². The number of para-hydroxylation sites is 1. The monoisotopic (exact) mass is 450 g/mol. The van der Waals surface area contributed by atoms with Gasteiger partial charge in [-0.3, -0.25) is 4.89 Å². The van der Waals surface area contributed by atoms with Gasteiger partial charge in [-0.15, -0.1) is 0 Å². The number of halogens is 2. The molecule has 1 aromatic rings. The van der Waals surface area contributed by atoms with E-state index in [1.807, 2.05) is 24.3 Å². The minimum atomic E-state index is -0.629. The van der Waals surface area contributed by atoms with Gasteiger partial charge in [-0.25, -0.2) is 4.79 Å². The maximum Gasteiger partial charge on any atom is 0.369 e. The number of nitrogens with one attached hydrogen (secondary N) is 1. The number of anilines is 1. The van der Waals surface area contributed by atoms with Gasteiger partial charge in [-0.1, -0.05) is 50.1 Å². The van der Waals surface area contributed by atoms with Gasteiger partial charge in [0.2, 0.25) is 0 Å². The Morgan fingerprint density at radius 2 is 2.23 bits per heavy atom. The third-order valence-corrected chi connectivity index (χ3v) is 5.71. The summed E-state index contributed by atoms with van der Waals surface area (Å²) in [5.41, 5.74) is 1.63. The van der Waals surface area contributed by atoms with Gasteiger partial charge in [0.15, 0.2) is 11.2 Å². The molecule has 1 N–H and O–H groups in total. The molecule has 0 fully saturated rings. The Morgan fingerprint density at radius 3 is 2.91 bits per heavy atom. The largest absolute Gasteiger partial charge is 0.369 e. The molecule has 2 rings (SSSR count). The van der Waals surface area contributed by atoms with E-state index in [9.17, 15) is 4.79 Å². The number of carbonyl (C=O) groups excluding carboxylic acids is 1. The number of hydrogen-bond acceptors (Lipinski definition) is 4. The Kier molecular flexibility index (Phi) is 6.61. The zero-order valence-corrected chi connectivity index (χ0v) is 15.9. The molecule has 1 aliphatic rings. The zero-order valence-electron chi connectivity index (χ0n) is 11.9. The van der Waals surface area contributed by atoms with Crippen molar-refractivity contribution in [3.8, 4) is 0 Å². The van der Waals surface area contributed by atoms with Crippen molar-refractivity contribution in [2.24, 2.45) is 0 Å². The molecule has 1 heterocycles. The predicted molar refractivity (Wildman–Crippen MR) is 96.3 cm³/mol. The molecule has 1 aromatic carbocycles. The highest BCUT2D eigenvalue weighted by molar-refractivity contribution is 9.12. The summed E-state index contributed by atoms with van der Waals surface area (Å²) in [7, 11) is 0. The lowest BCUT2D eigenvalue weighted by Gasteiger charge is -2.38. The molecule has 0 amide bonds. The van der Waals surface area contributed by atoms with E-state index in [1.165, 1.54) is 0 Å². The van der Waals surface area contributed by atoms with Gasteiger partial charge in [0.25, 0.3) is 0 Å². The van der Waals surface area contributed by atoms with E-state index >= 15 is 0 Å². The first kappa shape index (κ1) is 17.7. The Labute approximate surface area is 151 Å². The van der Waals surface area contributed by atoms with Gasteiger partial charge < -0.3 is 10.2 Å². The molecule has 0 aromatic heterocycles. The van der Waals surface area contributed by atoms with Crippen LogP contribution < -0.4 is 5.32 Å². The van der Waals surface area contributed by atoms with E-state index in [2.05, 4.69) is 37.2 Å². The van der Waals surface area contributed by atoms with Crippen LogP contribution in [-0.4, -0.2) is 39.3 Å². The summed E-state index contributed by atoms with van der Waals surface area (Å²) < 4.78 is 0. The van der Waals surface area contributed by atoms with Crippen LogP contribution in [0.3, 0.4) is 0 Å². The molecule has 5 nitrogen and oxygen atoms in total. The second kappa shape index (κ2) is 8.24. The molecular weight excluding hydrogens is 436 g/mol. The predicted octanol–water partition coefficient (Wildman–Crippen LogP) is 3.39. The molecule has 120 valence electrons. The molecule has 22 heavy (non-hydrogen) atoms. The molecule has 0 bridgehead atoms. The lowest BCUT2D eigenvalue weighted by molar-refractivity contribution is -0.273. The second-order valence-corrected chi connectivity index (χ2v) is 6.96. The van der Waals surface area contributed by atoms with Crippen LogP contribution in [0.1, 0.15) is 18.5 Å². The van der Waals surface area contributed by atoms with Crippen molar-refractivity contribution in [3.05, 3.63) is 29.8 Å². The van der Waals surface area contributed by atoms with Crippen LogP contribution in [0.4, 0.5) is 5.69 Å². The number of hydrogen-bond donors (Lipinski definition) is 1. The first-order chi connectivity index (χ1) is 10.6. The van der Waals surface area contributed by atoms with Gasteiger partial charge in [-0.2, -0.15) is 4.89 Å². The lowest BCUT2D eigenvalue weighted by Crippen LogP contribution is -2.48. The van der Waals surface area contributed by atoms with Gasteiger partial charge >= 0.3 is 5.97 Å². The number of benzene rings is 1. The fourth-order valence-electron chi connectivity index (χ4n) is 2.19. The SMILES string of the molecule is CCOOC(=O)C1c2ccccc2NC(=S)N1CC(Br)CBr. The minimum absolute atomic E-state index is 0.139. The van der Waals surface area contributed by atoms with Gasteiger partial charge in [-0.05, 0) is 25.2 Å². The van der Waals surface area contributed by atoms with Crippen molar-refractivity contribution < 1.29 is 14.6 Å². The third-order valence-electron chi connectivity index (χ3n) is 3.11. The molecule has 0 saturated heterocycles. The highest BCUT2D eigenvalue weighted by atomic mass is 79.9. The first-order valence-electron chi connectivity index (χ1n) is 6.78. The average Bonchev–Trinajstić information content (AvgIpc) is 2.53. The van der Waals surface area contributed by atoms with Crippen molar-refractivity contribution in [3.63, 3.8) is 0 Å². The molecule has 0 saturated carbocycles. The lowest BCUT2D eigenvalue weighted by atomic mass is 10.0. The van der Waals surface area contributed by atoms with Crippen molar-refractivity contribution >= 4 is 60.8 Å². The van der Waals surface area contributed by atoms with E-state index in [0.717, 1.165) is 16.6 Å². The van der Waals surface area contributed by atoms with Crippen LogP contribution >= 0.6 is 44.1 Å². The highest BCUT2D eigenvalue weighted by Gasteiger charge is 2.37. The zero-order chi connectivity index (χ0) is 16.1. The Hall–Kier alpha value is -0.700. The number of nitrogens with zero attached hydrogens (tertiary/aromatic N) is 1. The van der Waals surface area contributed by atoms with Gasteiger partial charge in [0, 0.05) is 28.0 Å². The van der Waals surface area contributed by atoms with Gasteiger partial charge in [0.05, 0.1) is 6.61 Å². The molecule has 8 heteroatoms. The second-order valence-electron chi connectivity index (χ2n) is 4.63. The van der Waals surface area contributed by atoms with E-state index in [0.29, 0.717) is 18.3 Å². The van der Waals surface area contributed by atoms with Crippen LogP contribution in [0, 0.1) is 0 Å². The summed E-state index contributed by atoms with van der Waals surface area (Å²) in [6.07, 6.45) is 0. The molecule has 0 spiro atoms. The summed E-state index contributed by atoms with van der Waals surface area (Å²) in [4.78, 5) is 24.1. The van der Waals surface area contributed by atoms with Crippen molar-refractivity contribution in [1.29, 1.82) is 0 Å². The quantitative estimate of drug-likeness (QED) is 0.309. The number of alkyl halides is 2. The number of thiocarbonyl (C=S) groups is 1. The number of rotatable bonds is 6. The normalized spacial score (nSPS) is 18.4. The number of carbonyl (C=O) groups is 1. The van der Waals surface area contributed by atoms with Crippen molar-refractivity contribution in [2.45, 2.75) is 17.8 Å². The van der Waals surface area contributed by atoms with Gasteiger partial charge in [0.1, 0.15) is 0 Å². The molecule has 1 aliphatic heterocycles. The maximum absolute atomic E-state index is 12.4. The molecule has 0 aliphatic carbocycles. The van der Waals surface area contributed by atoms with E-state index in [1.54, 1.807) is 11.8 Å². The van der Waals surface area contributed by atoms with E-state index in [4.69, 9.17) is 22.0 Å². The summed E-state index contributed by atoms with van der Waals surface area (Å²) in [6, 6.07) is 6.91. The van der Waals surface area contributed by atoms with Crippen molar-refractivity contribution in [2.75, 3.05) is 23.8 Å². The minimum Gasteiger partial charge on any atom is -0.332 e. The molecule has 2 unspecified atom stereocenters. The summed E-state index contributed by atoms with van der Waals surface area (Å²) in [5.74, 6) is -0.479. The van der Waals surface area contributed by atoms with Crippen molar-refractivity contribution in [1.82, 2.24) is 4.90 Å². The maximum atomic E-state index is 12.4. The number of fused-ring (bicyclic) bond motifs is 1. The third kappa shape index (κ3) is 3.98. The molecular formula is C14H16Br2N2O3S. The molecule has 0 radical (unpaired) electrons. The van der Waals surface area contributed by atoms with Crippen LogP contribution in [0.5, 0.6) is 0 Å². The van der Waals surface area contributed by atoms with E-state index in [-0.39, 0.29) is 4.83 Å². The average molecular weight is 452 g/mol. The smallest absolute Gasteiger partial charge is 0.332 e. The topological polar surface area (TPSA) is 50.8 Å². The Bertz CT molecular complexity index is 559.